The van der Waals surface area contributed by atoms with Gasteiger partial charge in [-0.2, -0.15) is 0 Å². The number of hydrogen-bond acceptors (Lipinski definition) is 4. The minimum absolute atomic E-state index is 0.108. The number of amides is 1. The molecule has 1 aromatic carbocycles. The van der Waals surface area contributed by atoms with Crippen LogP contribution in [0, 0.1) is 5.92 Å². The number of likely N-dealkylation sites (tertiary alicyclic amines) is 1. The number of piperidine rings is 1. The van der Waals surface area contributed by atoms with Crippen molar-refractivity contribution in [2.45, 2.75) is 32.8 Å². The number of benzene rings is 1. The van der Waals surface area contributed by atoms with E-state index in [0.717, 1.165) is 63.7 Å². The van der Waals surface area contributed by atoms with Crippen LogP contribution < -0.4 is 4.74 Å². The molecule has 0 saturated carbocycles. The van der Waals surface area contributed by atoms with Crippen LogP contribution in [0.5, 0.6) is 5.75 Å². The first-order valence-corrected chi connectivity index (χ1v) is 10.1. The number of nitrogens with zero attached hydrogens (tertiary/aromatic N) is 2. The zero-order valence-electron chi connectivity index (χ0n) is 16.6. The van der Waals surface area contributed by atoms with E-state index in [1.165, 1.54) is 6.42 Å². The predicted octanol–water partition coefficient (Wildman–Crippen LogP) is 3.06. The van der Waals surface area contributed by atoms with E-state index < -0.39 is 0 Å². The quantitative estimate of drug-likeness (QED) is 0.720. The first-order valence-electron chi connectivity index (χ1n) is 10.1. The zero-order chi connectivity index (χ0) is 19.1. The van der Waals surface area contributed by atoms with Gasteiger partial charge in [0.25, 0.3) is 0 Å². The summed E-state index contributed by atoms with van der Waals surface area (Å²) in [6.45, 7) is 10.5. The molecule has 0 radical (unpaired) electrons. The predicted molar refractivity (Wildman–Crippen MR) is 108 cm³/mol. The van der Waals surface area contributed by atoms with Crippen LogP contribution in [0.4, 0.5) is 0 Å². The van der Waals surface area contributed by atoms with Gasteiger partial charge >= 0.3 is 0 Å². The Kier molecular flexibility index (Phi) is 7.30. The molecule has 27 heavy (non-hydrogen) atoms. The maximum absolute atomic E-state index is 12.6. The van der Waals surface area contributed by atoms with E-state index in [9.17, 15) is 4.79 Å². The molecule has 2 fully saturated rings. The largest absolute Gasteiger partial charge is 0.491 e. The third-order valence-electron chi connectivity index (χ3n) is 5.10. The maximum atomic E-state index is 12.6. The van der Waals surface area contributed by atoms with Crippen LogP contribution in [0.2, 0.25) is 0 Å². The lowest BCUT2D eigenvalue weighted by Gasteiger charge is -2.36. The molecular weight excluding hydrogens is 340 g/mol. The summed E-state index contributed by atoms with van der Waals surface area (Å²) in [7, 11) is 0. The molecule has 0 aliphatic carbocycles. The van der Waals surface area contributed by atoms with Gasteiger partial charge in [-0.3, -0.25) is 9.69 Å². The summed E-state index contributed by atoms with van der Waals surface area (Å²) in [5.41, 5.74) is 0.989. The number of morpholine rings is 1. The molecule has 1 amide bonds. The SMILES string of the molecule is CC(C)Oc1cccc(/C=C/C(=O)N2CCCC(CN3CCOCC3)C2)c1. The van der Waals surface area contributed by atoms with Crippen molar-refractivity contribution in [2.75, 3.05) is 45.9 Å². The van der Waals surface area contributed by atoms with E-state index in [1.807, 2.05) is 49.1 Å². The Morgan fingerprint density at radius 2 is 2.11 bits per heavy atom. The van der Waals surface area contributed by atoms with Crippen molar-refractivity contribution in [3.63, 3.8) is 0 Å². The van der Waals surface area contributed by atoms with Gasteiger partial charge in [-0.25, -0.2) is 0 Å². The summed E-state index contributed by atoms with van der Waals surface area (Å²) < 4.78 is 11.1. The highest BCUT2D eigenvalue weighted by atomic mass is 16.5. The molecule has 148 valence electrons. The summed E-state index contributed by atoms with van der Waals surface area (Å²) in [5.74, 6) is 1.51. The second kappa shape index (κ2) is 9.90. The molecule has 2 aliphatic rings. The fraction of sp³-hybridized carbons (Fsp3) is 0.591. The summed E-state index contributed by atoms with van der Waals surface area (Å²) in [6, 6.07) is 7.87. The van der Waals surface area contributed by atoms with E-state index in [-0.39, 0.29) is 12.0 Å². The topological polar surface area (TPSA) is 42.0 Å². The number of ether oxygens (including phenoxy) is 2. The first-order chi connectivity index (χ1) is 13.1. The Balaban J connectivity index is 1.53. The van der Waals surface area contributed by atoms with Gasteiger partial charge in [0.2, 0.25) is 5.91 Å². The minimum atomic E-state index is 0.108. The highest BCUT2D eigenvalue weighted by molar-refractivity contribution is 5.91. The third-order valence-corrected chi connectivity index (χ3v) is 5.10. The van der Waals surface area contributed by atoms with Crippen LogP contribution in [0.15, 0.2) is 30.3 Å². The second-order valence-corrected chi connectivity index (χ2v) is 7.78. The van der Waals surface area contributed by atoms with Gasteiger partial charge < -0.3 is 14.4 Å². The van der Waals surface area contributed by atoms with Gasteiger partial charge in [-0.1, -0.05) is 12.1 Å². The smallest absolute Gasteiger partial charge is 0.246 e. The summed E-state index contributed by atoms with van der Waals surface area (Å²) in [5, 5.41) is 0. The molecular formula is C22H32N2O3. The number of rotatable bonds is 6. The monoisotopic (exact) mass is 372 g/mol. The van der Waals surface area contributed by atoms with Crippen molar-refractivity contribution < 1.29 is 14.3 Å². The normalized spacial score (nSPS) is 21.7. The first kappa shape index (κ1) is 19.9. The van der Waals surface area contributed by atoms with E-state index in [2.05, 4.69) is 4.90 Å². The Morgan fingerprint density at radius 1 is 1.30 bits per heavy atom. The highest BCUT2D eigenvalue weighted by Crippen LogP contribution is 2.20. The molecule has 2 saturated heterocycles. The second-order valence-electron chi connectivity index (χ2n) is 7.78. The third kappa shape index (κ3) is 6.36. The zero-order valence-corrected chi connectivity index (χ0v) is 16.6. The lowest BCUT2D eigenvalue weighted by atomic mass is 9.97. The van der Waals surface area contributed by atoms with Crippen LogP contribution >= 0.6 is 0 Å². The van der Waals surface area contributed by atoms with Crippen molar-refractivity contribution >= 4 is 12.0 Å². The molecule has 5 heteroatoms. The van der Waals surface area contributed by atoms with Gasteiger partial charge in [-0.05, 0) is 56.4 Å². The molecule has 0 spiro atoms. The molecule has 2 heterocycles. The molecule has 0 aromatic heterocycles. The molecule has 0 N–H and O–H groups in total. The lowest BCUT2D eigenvalue weighted by molar-refractivity contribution is -0.127. The van der Waals surface area contributed by atoms with Crippen LogP contribution in [0.1, 0.15) is 32.3 Å². The van der Waals surface area contributed by atoms with Crippen molar-refractivity contribution in [1.82, 2.24) is 9.80 Å². The van der Waals surface area contributed by atoms with Gasteiger partial charge in [0.1, 0.15) is 5.75 Å². The van der Waals surface area contributed by atoms with Crippen molar-refractivity contribution in [2.24, 2.45) is 5.92 Å². The molecule has 2 aliphatic heterocycles. The fourth-order valence-corrected chi connectivity index (χ4v) is 3.80. The summed E-state index contributed by atoms with van der Waals surface area (Å²) in [4.78, 5) is 17.1. The highest BCUT2D eigenvalue weighted by Gasteiger charge is 2.24. The van der Waals surface area contributed by atoms with Crippen LogP contribution in [-0.2, 0) is 9.53 Å². The van der Waals surface area contributed by atoms with Crippen LogP contribution in [0.3, 0.4) is 0 Å². The van der Waals surface area contributed by atoms with E-state index in [0.29, 0.717) is 5.92 Å². The van der Waals surface area contributed by atoms with Crippen molar-refractivity contribution in [1.29, 1.82) is 0 Å². The van der Waals surface area contributed by atoms with Gasteiger partial charge in [0.05, 0.1) is 19.3 Å². The van der Waals surface area contributed by atoms with E-state index in [4.69, 9.17) is 9.47 Å². The average molecular weight is 373 g/mol. The molecule has 1 unspecified atom stereocenters. The Morgan fingerprint density at radius 3 is 2.89 bits per heavy atom. The van der Waals surface area contributed by atoms with Crippen LogP contribution in [-0.4, -0.2) is 67.7 Å². The standard InChI is InChI=1S/C22H32N2O3/c1-18(2)27-21-7-3-5-19(15-21)8-9-22(25)24-10-4-6-20(17-24)16-23-11-13-26-14-12-23/h3,5,7-9,15,18,20H,4,6,10-14,16-17H2,1-2H3/b9-8+. The van der Waals surface area contributed by atoms with Gasteiger partial charge in [-0.15, -0.1) is 0 Å². The molecule has 5 nitrogen and oxygen atoms in total. The molecule has 1 atom stereocenters. The lowest BCUT2D eigenvalue weighted by Crippen LogP contribution is -2.45. The average Bonchev–Trinajstić information content (AvgIpc) is 2.67. The molecule has 3 rings (SSSR count). The summed E-state index contributed by atoms with van der Waals surface area (Å²) >= 11 is 0. The molecule has 1 aromatic rings. The number of carbonyl (C=O) groups is 1. The van der Waals surface area contributed by atoms with Crippen molar-refractivity contribution in [3.8, 4) is 5.75 Å². The fourth-order valence-electron chi connectivity index (χ4n) is 3.80. The van der Waals surface area contributed by atoms with E-state index >= 15 is 0 Å². The maximum Gasteiger partial charge on any atom is 0.246 e. The van der Waals surface area contributed by atoms with Crippen molar-refractivity contribution in [3.05, 3.63) is 35.9 Å². The Bertz CT molecular complexity index is 638. The van der Waals surface area contributed by atoms with Crippen LogP contribution in [0.25, 0.3) is 6.08 Å². The van der Waals surface area contributed by atoms with Gasteiger partial charge in [0, 0.05) is 38.8 Å². The molecule has 0 bridgehead atoms. The Labute approximate surface area is 162 Å². The summed E-state index contributed by atoms with van der Waals surface area (Å²) in [6.07, 6.45) is 6.03. The Hall–Kier alpha value is -1.85. The van der Waals surface area contributed by atoms with Gasteiger partial charge in [0.15, 0.2) is 0 Å². The minimum Gasteiger partial charge on any atom is -0.491 e. The van der Waals surface area contributed by atoms with E-state index in [1.54, 1.807) is 6.08 Å². The number of hydrogen-bond donors (Lipinski definition) is 0. The number of carbonyl (C=O) groups excluding carboxylic acids is 1.